The molecule has 0 radical (unpaired) electrons. The predicted molar refractivity (Wildman–Crippen MR) is 70.8 cm³/mol. The molecule has 1 unspecified atom stereocenters. The number of rotatable bonds is 4. The van der Waals surface area contributed by atoms with Crippen molar-refractivity contribution in [2.75, 3.05) is 0 Å². The minimum Gasteiger partial charge on any atom is -0.479 e. The number of carboxylic acid groups (broad SMARTS) is 1. The first kappa shape index (κ1) is 13.3. The highest BCUT2D eigenvalue weighted by atomic mass is 127. The van der Waals surface area contributed by atoms with Gasteiger partial charge in [0.2, 0.25) is 0 Å². The van der Waals surface area contributed by atoms with Crippen LogP contribution in [0.1, 0.15) is 24.4 Å². The average Bonchev–Trinajstić information content (AvgIpc) is 3.04. The molecular weight excluding hydrogens is 352 g/mol. The number of carbonyl (C=O) groups excluding carboxylic acids is 1. The molecule has 1 amide bonds. The lowest BCUT2D eigenvalue weighted by atomic mass is 10.1. The second kappa shape index (κ2) is 4.83. The van der Waals surface area contributed by atoms with Gasteiger partial charge >= 0.3 is 5.97 Å². The molecule has 0 aromatic heterocycles. The molecule has 0 heterocycles. The summed E-state index contributed by atoms with van der Waals surface area (Å²) in [5, 5.41) is 11.4. The second-order valence-electron chi connectivity index (χ2n) is 4.27. The number of hydrogen-bond acceptors (Lipinski definition) is 2. The van der Waals surface area contributed by atoms with Crippen molar-refractivity contribution in [1.29, 1.82) is 0 Å². The topological polar surface area (TPSA) is 66.4 Å². The average molecular weight is 363 g/mol. The molecule has 0 spiro atoms. The monoisotopic (exact) mass is 363 g/mol. The Hall–Kier alpha value is -1.18. The van der Waals surface area contributed by atoms with E-state index in [1.165, 1.54) is 0 Å². The first-order chi connectivity index (χ1) is 8.42. The van der Waals surface area contributed by atoms with E-state index in [1.807, 2.05) is 28.7 Å². The van der Waals surface area contributed by atoms with Gasteiger partial charge in [-0.1, -0.05) is 12.1 Å². The van der Waals surface area contributed by atoms with E-state index in [-0.39, 0.29) is 12.8 Å². The molecule has 1 aromatic rings. The Morgan fingerprint density at radius 3 is 2.61 bits per heavy atom. The van der Waals surface area contributed by atoms with Crippen molar-refractivity contribution in [3.05, 3.63) is 33.4 Å². The van der Waals surface area contributed by atoms with Crippen LogP contribution in [0, 0.1) is 3.57 Å². The van der Waals surface area contributed by atoms with Gasteiger partial charge in [-0.2, -0.15) is 0 Å². The van der Waals surface area contributed by atoms with Crippen molar-refractivity contribution in [2.45, 2.75) is 24.6 Å². The molecule has 6 heteroatoms. The van der Waals surface area contributed by atoms with E-state index < -0.39 is 23.6 Å². The van der Waals surface area contributed by atoms with Gasteiger partial charge in [0, 0.05) is 3.57 Å². The zero-order valence-corrected chi connectivity index (χ0v) is 11.5. The van der Waals surface area contributed by atoms with Crippen LogP contribution in [-0.2, 0) is 9.59 Å². The van der Waals surface area contributed by atoms with Crippen LogP contribution in [-0.4, -0.2) is 22.7 Å². The molecule has 1 aromatic carbocycles. The molecular formula is C12H11FINO3. The van der Waals surface area contributed by atoms with Crippen molar-refractivity contribution in [3.63, 3.8) is 0 Å². The van der Waals surface area contributed by atoms with Crippen molar-refractivity contribution in [2.24, 2.45) is 0 Å². The number of halogens is 2. The number of amides is 1. The number of carboxylic acids is 1. The van der Waals surface area contributed by atoms with Crippen LogP contribution in [0.3, 0.4) is 0 Å². The van der Waals surface area contributed by atoms with Gasteiger partial charge in [-0.25, -0.2) is 9.18 Å². The highest BCUT2D eigenvalue weighted by Crippen LogP contribution is 2.40. The molecule has 1 atom stereocenters. The summed E-state index contributed by atoms with van der Waals surface area (Å²) >= 11 is 2.04. The maximum Gasteiger partial charge on any atom is 0.330 e. The Morgan fingerprint density at radius 1 is 1.44 bits per heavy atom. The van der Waals surface area contributed by atoms with Gasteiger partial charge < -0.3 is 10.4 Å². The number of nitrogens with one attached hydrogen (secondary N) is 1. The second-order valence-corrected chi connectivity index (χ2v) is 5.51. The summed E-state index contributed by atoms with van der Waals surface area (Å²) in [7, 11) is 0. The predicted octanol–water partition coefficient (Wildman–Crippen LogP) is 2.04. The highest BCUT2D eigenvalue weighted by molar-refractivity contribution is 14.1. The van der Waals surface area contributed by atoms with E-state index in [0.717, 1.165) is 3.57 Å². The third-order valence-electron chi connectivity index (χ3n) is 2.80. The van der Waals surface area contributed by atoms with Gasteiger partial charge in [-0.15, -0.1) is 0 Å². The van der Waals surface area contributed by atoms with Crippen molar-refractivity contribution < 1.29 is 19.1 Å². The van der Waals surface area contributed by atoms with E-state index in [4.69, 9.17) is 5.11 Å². The van der Waals surface area contributed by atoms with Crippen LogP contribution in [0.25, 0.3) is 0 Å². The fraction of sp³-hybridized carbons (Fsp3) is 0.333. The minimum absolute atomic E-state index is 0.164. The lowest BCUT2D eigenvalue weighted by molar-refractivity contribution is -0.143. The lowest BCUT2D eigenvalue weighted by Crippen LogP contribution is -2.39. The molecule has 4 nitrogen and oxygen atoms in total. The molecule has 2 N–H and O–H groups in total. The first-order valence-electron chi connectivity index (χ1n) is 5.40. The third-order valence-corrected chi connectivity index (χ3v) is 3.47. The maximum absolute atomic E-state index is 13.5. The zero-order chi connectivity index (χ0) is 13.3. The number of benzene rings is 1. The first-order valence-corrected chi connectivity index (χ1v) is 6.48. The van der Waals surface area contributed by atoms with Crippen LogP contribution in [0.2, 0.25) is 0 Å². The summed E-state index contributed by atoms with van der Waals surface area (Å²) in [5.74, 6) is -2.04. The van der Waals surface area contributed by atoms with E-state index in [9.17, 15) is 14.0 Å². The Kier molecular flexibility index (Phi) is 3.56. The summed E-state index contributed by atoms with van der Waals surface area (Å²) < 4.78 is 14.4. The SMILES string of the molecule is O=C(O)C(NC(=O)C1(F)CC1)c1cccc(I)c1. The maximum atomic E-state index is 13.5. The van der Waals surface area contributed by atoms with Crippen LogP contribution in [0.5, 0.6) is 0 Å². The minimum atomic E-state index is -1.87. The van der Waals surface area contributed by atoms with Crippen molar-refractivity contribution >= 4 is 34.5 Å². The number of aliphatic carboxylic acids is 1. The van der Waals surface area contributed by atoms with Gasteiger partial charge in [-0.05, 0) is 53.1 Å². The van der Waals surface area contributed by atoms with Gasteiger partial charge in [-0.3, -0.25) is 4.79 Å². The zero-order valence-electron chi connectivity index (χ0n) is 9.32. The Morgan fingerprint density at radius 2 is 2.11 bits per heavy atom. The van der Waals surface area contributed by atoms with Crippen LogP contribution in [0.15, 0.2) is 24.3 Å². The van der Waals surface area contributed by atoms with E-state index in [1.54, 1.807) is 18.2 Å². The number of alkyl halides is 1. The van der Waals surface area contributed by atoms with Gasteiger partial charge in [0.1, 0.15) is 0 Å². The standard InChI is InChI=1S/C12H11FINO3/c13-12(4-5-12)11(18)15-9(10(16)17)7-2-1-3-8(14)6-7/h1-3,6,9H,4-5H2,(H,15,18)(H,16,17). The molecule has 1 aliphatic rings. The van der Waals surface area contributed by atoms with Gasteiger partial charge in [0.05, 0.1) is 0 Å². The van der Waals surface area contributed by atoms with Crippen molar-refractivity contribution in [3.8, 4) is 0 Å². The molecule has 1 saturated carbocycles. The Bertz CT molecular complexity index is 502. The van der Waals surface area contributed by atoms with Crippen LogP contribution >= 0.6 is 22.6 Å². The summed E-state index contributed by atoms with van der Waals surface area (Å²) in [6.45, 7) is 0. The Balaban J connectivity index is 2.18. The fourth-order valence-electron chi connectivity index (χ4n) is 1.57. The molecule has 1 fully saturated rings. The molecule has 2 rings (SSSR count). The molecule has 0 bridgehead atoms. The number of carbonyl (C=O) groups is 2. The van der Waals surface area contributed by atoms with Crippen LogP contribution < -0.4 is 5.32 Å². The summed E-state index contributed by atoms with van der Waals surface area (Å²) in [4.78, 5) is 22.7. The lowest BCUT2D eigenvalue weighted by Gasteiger charge is -2.16. The molecule has 96 valence electrons. The van der Waals surface area contributed by atoms with E-state index in [0.29, 0.717) is 5.56 Å². The summed E-state index contributed by atoms with van der Waals surface area (Å²) in [6, 6.07) is 5.54. The molecule has 1 aliphatic carbocycles. The van der Waals surface area contributed by atoms with E-state index in [2.05, 4.69) is 5.32 Å². The molecule has 18 heavy (non-hydrogen) atoms. The third kappa shape index (κ3) is 2.80. The highest BCUT2D eigenvalue weighted by Gasteiger charge is 2.51. The van der Waals surface area contributed by atoms with Gasteiger partial charge in [0.15, 0.2) is 11.7 Å². The molecule has 0 aliphatic heterocycles. The van der Waals surface area contributed by atoms with Crippen LogP contribution in [0.4, 0.5) is 4.39 Å². The molecule has 0 saturated heterocycles. The largest absolute Gasteiger partial charge is 0.479 e. The quantitative estimate of drug-likeness (QED) is 0.805. The normalized spacial score (nSPS) is 17.9. The Labute approximate surface area is 117 Å². The smallest absolute Gasteiger partial charge is 0.330 e. The summed E-state index contributed by atoms with van der Waals surface area (Å²) in [5.41, 5.74) is -1.43. The fourth-order valence-corrected chi connectivity index (χ4v) is 2.14. The van der Waals surface area contributed by atoms with E-state index >= 15 is 0 Å². The van der Waals surface area contributed by atoms with Crippen molar-refractivity contribution in [1.82, 2.24) is 5.32 Å². The summed E-state index contributed by atoms with van der Waals surface area (Å²) in [6.07, 6.45) is 0.328. The number of hydrogen-bond donors (Lipinski definition) is 2. The van der Waals surface area contributed by atoms with Gasteiger partial charge in [0.25, 0.3) is 5.91 Å².